The van der Waals surface area contributed by atoms with Gasteiger partial charge in [0, 0.05) is 18.0 Å². The molecule has 0 aromatic heterocycles. The van der Waals surface area contributed by atoms with E-state index in [-0.39, 0.29) is 18.4 Å². The summed E-state index contributed by atoms with van der Waals surface area (Å²) < 4.78 is 5.38. The summed E-state index contributed by atoms with van der Waals surface area (Å²) in [5, 5.41) is 2.77. The third kappa shape index (κ3) is 4.97. The molecule has 1 aromatic carbocycles. The summed E-state index contributed by atoms with van der Waals surface area (Å²) in [4.78, 5) is 26.2. The van der Waals surface area contributed by atoms with E-state index in [1.54, 1.807) is 4.90 Å². The molecule has 5 nitrogen and oxygen atoms in total. The number of thioether (sulfide) groups is 1. The Kier molecular flexibility index (Phi) is 5.92. The van der Waals surface area contributed by atoms with Gasteiger partial charge in [-0.05, 0) is 37.6 Å². The molecule has 0 spiro atoms. The van der Waals surface area contributed by atoms with Crippen molar-refractivity contribution in [3.8, 4) is 5.75 Å². The summed E-state index contributed by atoms with van der Waals surface area (Å²) in [7, 11) is 0. The van der Waals surface area contributed by atoms with Gasteiger partial charge in [-0.2, -0.15) is 0 Å². The molecule has 0 bridgehead atoms. The third-order valence-corrected chi connectivity index (χ3v) is 4.11. The number of carbonyl (C=O) groups excluding carboxylic acids is 2. The molecule has 0 unspecified atom stereocenters. The first-order chi connectivity index (χ1) is 10.2. The maximum Gasteiger partial charge on any atom is 0.239 e. The van der Waals surface area contributed by atoms with Gasteiger partial charge in [0.1, 0.15) is 5.75 Å². The predicted octanol–water partition coefficient (Wildman–Crippen LogP) is 1.53. The quantitative estimate of drug-likeness (QED) is 0.838. The number of hydrogen-bond acceptors (Lipinski definition) is 4. The lowest BCUT2D eigenvalue weighted by molar-refractivity contribution is -0.133. The maximum atomic E-state index is 12.1. The van der Waals surface area contributed by atoms with Crippen LogP contribution in [0.4, 0.5) is 0 Å². The van der Waals surface area contributed by atoms with E-state index in [2.05, 4.69) is 5.32 Å². The highest BCUT2D eigenvalue weighted by atomic mass is 32.2. The van der Waals surface area contributed by atoms with Gasteiger partial charge in [-0.15, -0.1) is 11.8 Å². The highest BCUT2D eigenvalue weighted by Crippen LogP contribution is 2.21. The minimum atomic E-state index is -0.0769. The highest BCUT2D eigenvalue weighted by molar-refractivity contribution is 8.00. The molecule has 1 heterocycles. The van der Waals surface area contributed by atoms with Gasteiger partial charge in [-0.25, -0.2) is 0 Å². The molecule has 0 saturated carbocycles. The molecule has 0 aliphatic carbocycles. The van der Waals surface area contributed by atoms with Gasteiger partial charge in [0.25, 0.3) is 0 Å². The smallest absolute Gasteiger partial charge is 0.239 e. The number of nitrogens with zero attached hydrogens (tertiary/aromatic N) is 1. The van der Waals surface area contributed by atoms with Crippen molar-refractivity contribution in [3.05, 3.63) is 24.3 Å². The Labute approximate surface area is 129 Å². The molecule has 2 amide bonds. The molecule has 21 heavy (non-hydrogen) atoms. The average Bonchev–Trinajstić information content (AvgIpc) is 2.71. The van der Waals surface area contributed by atoms with Gasteiger partial charge in [0.05, 0.1) is 18.9 Å². The first-order valence-electron chi connectivity index (χ1n) is 7.09. The van der Waals surface area contributed by atoms with Crippen LogP contribution in [-0.4, -0.2) is 48.7 Å². The predicted molar refractivity (Wildman–Crippen MR) is 82.5 cm³/mol. The lowest BCUT2D eigenvalue weighted by Gasteiger charge is -2.18. The van der Waals surface area contributed by atoms with Gasteiger partial charge < -0.3 is 15.0 Å². The number of rotatable bonds is 5. The summed E-state index contributed by atoms with van der Waals surface area (Å²) in [6.45, 7) is 4.04. The number of carbonyl (C=O) groups is 2. The van der Waals surface area contributed by atoms with Crippen LogP contribution in [0.5, 0.6) is 5.75 Å². The fraction of sp³-hybridized carbons (Fsp3) is 0.467. The second-order valence-corrected chi connectivity index (χ2v) is 5.76. The van der Waals surface area contributed by atoms with Crippen molar-refractivity contribution in [1.82, 2.24) is 10.2 Å². The molecule has 1 aliphatic rings. The molecule has 114 valence electrons. The van der Waals surface area contributed by atoms with Crippen LogP contribution in [0.15, 0.2) is 29.2 Å². The molecule has 1 aromatic rings. The van der Waals surface area contributed by atoms with E-state index in [0.29, 0.717) is 25.4 Å². The molecule has 1 fully saturated rings. The lowest BCUT2D eigenvalue weighted by Crippen LogP contribution is -2.38. The summed E-state index contributed by atoms with van der Waals surface area (Å²) in [6, 6.07) is 7.68. The number of hydrogen-bond donors (Lipinski definition) is 1. The van der Waals surface area contributed by atoms with Crippen molar-refractivity contribution in [2.45, 2.75) is 18.2 Å². The van der Waals surface area contributed by atoms with Crippen LogP contribution in [0.2, 0.25) is 0 Å². The fourth-order valence-corrected chi connectivity index (χ4v) is 2.86. The van der Waals surface area contributed by atoms with E-state index < -0.39 is 0 Å². The summed E-state index contributed by atoms with van der Waals surface area (Å²) in [5.74, 6) is 1.11. The second kappa shape index (κ2) is 7.93. The Morgan fingerprint density at radius 2 is 2.14 bits per heavy atom. The highest BCUT2D eigenvalue weighted by Gasteiger charge is 2.19. The van der Waals surface area contributed by atoms with Crippen molar-refractivity contribution >= 4 is 23.6 Å². The molecule has 1 N–H and O–H groups in total. The van der Waals surface area contributed by atoms with Crippen molar-refractivity contribution < 1.29 is 14.3 Å². The Morgan fingerprint density at radius 1 is 1.38 bits per heavy atom. The van der Waals surface area contributed by atoms with Gasteiger partial charge >= 0.3 is 0 Å². The molecular formula is C15H20N2O3S. The Bertz CT molecular complexity index is 490. The number of nitrogens with one attached hydrogen (secondary N) is 1. The van der Waals surface area contributed by atoms with Crippen LogP contribution in [-0.2, 0) is 9.59 Å². The van der Waals surface area contributed by atoms with Gasteiger partial charge in [-0.1, -0.05) is 0 Å². The molecule has 2 rings (SSSR count). The van der Waals surface area contributed by atoms with Crippen molar-refractivity contribution in [1.29, 1.82) is 0 Å². The largest absolute Gasteiger partial charge is 0.494 e. The van der Waals surface area contributed by atoms with Crippen LogP contribution in [0.3, 0.4) is 0 Å². The number of ether oxygens (including phenoxy) is 1. The molecule has 0 radical (unpaired) electrons. The van der Waals surface area contributed by atoms with E-state index in [1.165, 1.54) is 11.8 Å². The molecule has 1 saturated heterocycles. The summed E-state index contributed by atoms with van der Waals surface area (Å²) >= 11 is 1.48. The average molecular weight is 308 g/mol. The van der Waals surface area contributed by atoms with Crippen LogP contribution in [0.25, 0.3) is 0 Å². The van der Waals surface area contributed by atoms with Gasteiger partial charge in [0.15, 0.2) is 0 Å². The van der Waals surface area contributed by atoms with E-state index >= 15 is 0 Å². The number of benzene rings is 1. The normalized spacial score (nSPS) is 15.3. The lowest BCUT2D eigenvalue weighted by atomic mass is 10.3. The van der Waals surface area contributed by atoms with E-state index in [9.17, 15) is 9.59 Å². The van der Waals surface area contributed by atoms with Crippen LogP contribution in [0, 0.1) is 0 Å². The Hall–Kier alpha value is -1.69. The Balaban J connectivity index is 1.83. The van der Waals surface area contributed by atoms with E-state index in [0.717, 1.165) is 17.1 Å². The van der Waals surface area contributed by atoms with E-state index in [4.69, 9.17) is 4.74 Å². The minimum absolute atomic E-state index is 0.00550. The third-order valence-electron chi connectivity index (χ3n) is 3.11. The standard InChI is InChI=1S/C15H20N2O3S/c1-2-20-12-4-6-13(7-5-12)21-11-15(19)17-9-3-8-16-14(18)10-17/h4-7H,2-3,8-11H2,1H3,(H,16,18). The summed E-state index contributed by atoms with van der Waals surface area (Å²) in [5.41, 5.74) is 0. The van der Waals surface area contributed by atoms with Crippen molar-refractivity contribution in [2.24, 2.45) is 0 Å². The molecular weight excluding hydrogens is 288 g/mol. The first-order valence-corrected chi connectivity index (χ1v) is 8.07. The zero-order valence-electron chi connectivity index (χ0n) is 12.1. The summed E-state index contributed by atoms with van der Waals surface area (Å²) in [6.07, 6.45) is 0.811. The van der Waals surface area contributed by atoms with Crippen molar-refractivity contribution in [3.63, 3.8) is 0 Å². The first kappa shape index (κ1) is 15.7. The monoisotopic (exact) mass is 308 g/mol. The second-order valence-electron chi connectivity index (χ2n) is 4.71. The maximum absolute atomic E-state index is 12.1. The van der Waals surface area contributed by atoms with Crippen LogP contribution in [0.1, 0.15) is 13.3 Å². The van der Waals surface area contributed by atoms with Gasteiger partial charge in [-0.3, -0.25) is 9.59 Å². The SMILES string of the molecule is CCOc1ccc(SCC(=O)N2CCCNC(=O)C2)cc1. The zero-order chi connectivity index (χ0) is 15.1. The van der Waals surface area contributed by atoms with Crippen LogP contribution >= 0.6 is 11.8 Å². The number of amides is 2. The van der Waals surface area contributed by atoms with E-state index in [1.807, 2.05) is 31.2 Å². The van der Waals surface area contributed by atoms with Crippen LogP contribution < -0.4 is 10.1 Å². The fourth-order valence-electron chi connectivity index (χ4n) is 2.05. The molecule has 1 aliphatic heterocycles. The molecule has 6 heteroatoms. The topological polar surface area (TPSA) is 58.6 Å². The van der Waals surface area contributed by atoms with Crippen molar-refractivity contribution in [2.75, 3.05) is 32.0 Å². The minimum Gasteiger partial charge on any atom is -0.494 e. The van der Waals surface area contributed by atoms with Gasteiger partial charge in [0.2, 0.25) is 11.8 Å². The molecule has 0 atom stereocenters. The zero-order valence-corrected chi connectivity index (χ0v) is 12.9. The Morgan fingerprint density at radius 3 is 2.86 bits per heavy atom.